The second kappa shape index (κ2) is 3.93. The van der Waals surface area contributed by atoms with Crippen LogP contribution in [0.4, 0.5) is 0 Å². The molecule has 2 rings (SSSR count). The summed E-state index contributed by atoms with van der Waals surface area (Å²) in [5.74, 6) is 0. The first-order valence-electron chi connectivity index (χ1n) is 5.48. The Balaban J connectivity index is 2.51. The third-order valence-corrected chi connectivity index (χ3v) is 6.82. The van der Waals surface area contributed by atoms with E-state index in [4.69, 9.17) is 0 Å². The molecule has 0 spiro atoms. The van der Waals surface area contributed by atoms with Crippen LogP contribution in [0.1, 0.15) is 32.4 Å². The highest BCUT2D eigenvalue weighted by atomic mass is 32.2. The molecule has 0 atom stereocenters. The Hall–Kier alpha value is -0.660. The molecular weight excluding hydrogens is 260 g/mol. The summed E-state index contributed by atoms with van der Waals surface area (Å²) in [6, 6.07) is 0. The molecule has 1 aromatic heterocycles. The first-order valence-corrected chi connectivity index (χ1v) is 7.73. The Labute approximate surface area is 105 Å². The summed E-state index contributed by atoms with van der Waals surface area (Å²) in [5.41, 5.74) is 0.0703. The van der Waals surface area contributed by atoms with Crippen LogP contribution in [0.3, 0.4) is 0 Å². The minimum absolute atomic E-state index is 0.150. The molecule has 1 aromatic rings. The van der Waals surface area contributed by atoms with E-state index in [1.165, 1.54) is 4.31 Å². The number of H-pyrrole nitrogens is 1. The van der Waals surface area contributed by atoms with Gasteiger partial charge >= 0.3 is 4.87 Å². The van der Waals surface area contributed by atoms with E-state index < -0.39 is 10.0 Å². The number of hydrogen-bond acceptors (Lipinski definition) is 4. The molecule has 5 nitrogen and oxygen atoms in total. The summed E-state index contributed by atoms with van der Waals surface area (Å²) in [4.78, 5) is 13.4. The third-order valence-electron chi connectivity index (χ3n) is 3.13. The quantitative estimate of drug-likeness (QED) is 0.885. The number of thiazole rings is 1. The van der Waals surface area contributed by atoms with Gasteiger partial charge in [-0.15, -0.1) is 0 Å². The van der Waals surface area contributed by atoms with Gasteiger partial charge in [0.1, 0.15) is 0 Å². The van der Waals surface area contributed by atoms with Gasteiger partial charge in [-0.3, -0.25) is 4.79 Å². The molecule has 2 heterocycles. The monoisotopic (exact) mass is 276 g/mol. The highest BCUT2D eigenvalue weighted by Gasteiger charge is 2.42. The summed E-state index contributed by atoms with van der Waals surface area (Å²) in [5, 5.41) is 0. The number of nitrogens with zero attached hydrogens (tertiary/aromatic N) is 1. The lowest BCUT2D eigenvalue weighted by atomic mass is 10.0. The highest BCUT2D eigenvalue weighted by Crippen LogP contribution is 2.35. The fourth-order valence-corrected chi connectivity index (χ4v) is 5.51. The van der Waals surface area contributed by atoms with E-state index in [-0.39, 0.29) is 14.6 Å². The predicted molar refractivity (Wildman–Crippen MR) is 66.9 cm³/mol. The van der Waals surface area contributed by atoms with Crippen molar-refractivity contribution in [3.63, 3.8) is 0 Å². The van der Waals surface area contributed by atoms with Gasteiger partial charge in [-0.2, -0.15) is 4.31 Å². The van der Waals surface area contributed by atoms with Crippen molar-refractivity contribution in [1.82, 2.24) is 9.29 Å². The zero-order valence-electron chi connectivity index (χ0n) is 10.1. The lowest BCUT2D eigenvalue weighted by molar-refractivity contribution is 0.292. The second-order valence-electron chi connectivity index (χ2n) is 4.92. The average molecular weight is 276 g/mol. The third kappa shape index (κ3) is 2.07. The average Bonchev–Trinajstić information content (AvgIpc) is 2.69. The molecule has 17 heavy (non-hydrogen) atoms. The summed E-state index contributed by atoms with van der Waals surface area (Å²) >= 11 is 0.768. The van der Waals surface area contributed by atoms with Gasteiger partial charge in [-0.25, -0.2) is 8.42 Å². The van der Waals surface area contributed by atoms with E-state index in [0.29, 0.717) is 12.2 Å². The van der Waals surface area contributed by atoms with Crippen molar-refractivity contribution in [1.29, 1.82) is 0 Å². The standard InChI is InChI=1S/C10H16N2O3S2/c1-7-8(16-9(13)11-7)17(14,15)12-6-4-5-10(12,2)3/h4-6H2,1-3H3,(H,11,13). The smallest absolute Gasteiger partial charge is 0.305 e. The molecule has 1 fully saturated rings. The van der Waals surface area contributed by atoms with Gasteiger partial charge in [0.15, 0.2) is 4.21 Å². The molecule has 0 bridgehead atoms. The summed E-state index contributed by atoms with van der Waals surface area (Å²) < 4.78 is 26.6. The molecule has 1 saturated heterocycles. The molecule has 96 valence electrons. The Kier molecular flexibility index (Phi) is 2.95. The van der Waals surface area contributed by atoms with E-state index >= 15 is 0 Å². The maximum atomic E-state index is 12.5. The van der Waals surface area contributed by atoms with E-state index in [1.807, 2.05) is 13.8 Å². The van der Waals surface area contributed by atoms with Gasteiger partial charge in [0.2, 0.25) is 0 Å². The number of aromatic nitrogens is 1. The Morgan fingerprint density at radius 2 is 2.06 bits per heavy atom. The zero-order valence-corrected chi connectivity index (χ0v) is 11.7. The molecule has 0 aromatic carbocycles. The highest BCUT2D eigenvalue weighted by molar-refractivity contribution is 7.91. The van der Waals surface area contributed by atoms with E-state index in [1.54, 1.807) is 6.92 Å². The van der Waals surface area contributed by atoms with Crippen LogP contribution < -0.4 is 4.87 Å². The van der Waals surface area contributed by atoms with Crippen LogP contribution in [0.15, 0.2) is 9.00 Å². The molecular formula is C10H16N2O3S2. The maximum Gasteiger partial charge on any atom is 0.305 e. The molecule has 1 N–H and O–H groups in total. The van der Waals surface area contributed by atoms with Gasteiger partial charge in [0, 0.05) is 17.8 Å². The van der Waals surface area contributed by atoms with Crippen LogP contribution in [0, 0.1) is 6.92 Å². The van der Waals surface area contributed by atoms with Crippen LogP contribution in [0.2, 0.25) is 0 Å². The van der Waals surface area contributed by atoms with Crippen LogP contribution in [-0.4, -0.2) is 29.8 Å². The van der Waals surface area contributed by atoms with Crippen molar-refractivity contribution in [2.24, 2.45) is 0 Å². The molecule has 1 aliphatic heterocycles. The molecule has 0 unspecified atom stereocenters. The number of aryl methyl sites for hydroxylation is 1. The van der Waals surface area contributed by atoms with Gasteiger partial charge in [0.05, 0.1) is 0 Å². The minimum atomic E-state index is -3.54. The summed E-state index contributed by atoms with van der Waals surface area (Å²) in [6.45, 7) is 5.99. The molecule has 0 radical (unpaired) electrons. The largest absolute Gasteiger partial charge is 0.315 e. The lowest BCUT2D eigenvalue weighted by Gasteiger charge is -2.30. The minimum Gasteiger partial charge on any atom is -0.315 e. The first kappa shape index (κ1) is 12.8. The first-order chi connectivity index (χ1) is 7.75. The molecule has 1 aliphatic rings. The van der Waals surface area contributed by atoms with Crippen LogP contribution >= 0.6 is 11.3 Å². The number of hydrogen-bond donors (Lipinski definition) is 1. The van der Waals surface area contributed by atoms with Gasteiger partial charge in [-0.05, 0) is 33.6 Å². The van der Waals surface area contributed by atoms with Crippen molar-refractivity contribution in [3.05, 3.63) is 15.4 Å². The molecule has 0 saturated carbocycles. The maximum absolute atomic E-state index is 12.5. The Morgan fingerprint density at radius 1 is 1.41 bits per heavy atom. The Morgan fingerprint density at radius 3 is 2.47 bits per heavy atom. The van der Waals surface area contributed by atoms with Gasteiger partial charge in [-0.1, -0.05) is 11.3 Å². The zero-order chi connectivity index (χ0) is 12.8. The summed E-state index contributed by atoms with van der Waals surface area (Å²) in [6.07, 6.45) is 1.72. The number of aromatic amines is 1. The van der Waals surface area contributed by atoms with E-state index in [9.17, 15) is 13.2 Å². The van der Waals surface area contributed by atoms with Crippen molar-refractivity contribution >= 4 is 21.4 Å². The van der Waals surface area contributed by atoms with Crippen LogP contribution in [0.5, 0.6) is 0 Å². The molecule has 7 heteroatoms. The van der Waals surface area contributed by atoms with Crippen molar-refractivity contribution in [2.45, 2.75) is 43.4 Å². The molecule has 0 amide bonds. The van der Waals surface area contributed by atoms with Crippen LogP contribution in [-0.2, 0) is 10.0 Å². The van der Waals surface area contributed by atoms with Crippen molar-refractivity contribution < 1.29 is 8.42 Å². The van der Waals surface area contributed by atoms with E-state index in [0.717, 1.165) is 24.2 Å². The van der Waals surface area contributed by atoms with Crippen molar-refractivity contribution in [3.8, 4) is 0 Å². The summed E-state index contributed by atoms with van der Waals surface area (Å²) in [7, 11) is -3.54. The lowest BCUT2D eigenvalue weighted by Crippen LogP contribution is -2.42. The van der Waals surface area contributed by atoms with E-state index in [2.05, 4.69) is 4.98 Å². The second-order valence-corrected chi connectivity index (χ2v) is 7.96. The SMILES string of the molecule is Cc1[nH]c(=O)sc1S(=O)(=O)N1CCCC1(C)C. The number of rotatable bonds is 2. The van der Waals surface area contributed by atoms with Gasteiger partial charge in [0.25, 0.3) is 10.0 Å². The molecule has 0 aliphatic carbocycles. The number of sulfonamides is 1. The van der Waals surface area contributed by atoms with Crippen LogP contribution in [0.25, 0.3) is 0 Å². The predicted octanol–water partition coefficient (Wildman–Crippen LogP) is 1.31. The normalized spacial score (nSPS) is 20.9. The van der Waals surface area contributed by atoms with Gasteiger partial charge < -0.3 is 4.98 Å². The number of nitrogens with one attached hydrogen (secondary N) is 1. The van der Waals surface area contributed by atoms with Crippen molar-refractivity contribution in [2.75, 3.05) is 6.54 Å². The fraction of sp³-hybridized carbons (Fsp3) is 0.700. The fourth-order valence-electron chi connectivity index (χ4n) is 2.26. The topological polar surface area (TPSA) is 70.2 Å². The Bertz CT molecular complexity index is 583.